The minimum Gasteiger partial charge on any atom is -0.363 e. The van der Waals surface area contributed by atoms with Crippen molar-refractivity contribution in [2.75, 3.05) is 36.0 Å². The number of aryl methyl sites for hydroxylation is 2. The van der Waals surface area contributed by atoms with Gasteiger partial charge in [-0.1, -0.05) is 35.9 Å². The molecule has 2 aliphatic rings. The number of carbonyl (C=O) groups excluding carboxylic acids is 2. The molecule has 0 radical (unpaired) electrons. The van der Waals surface area contributed by atoms with E-state index in [0.29, 0.717) is 49.0 Å². The summed E-state index contributed by atoms with van der Waals surface area (Å²) in [5, 5.41) is 0. The molecular formula is C26H24FN5O2. The SMILES string of the molecule is Cc1ccc(C2=C(N3CCN(c4ncccn4)CC3)C(=O)N(c3ccccc3F)C2=O)c(C)c1. The number of piperazine rings is 1. The minimum atomic E-state index is -0.614. The summed E-state index contributed by atoms with van der Waals surface area (Å²) >= 11 is 0. The van der Waals surface area contributed by atoms with Gasteiger partial charge in [0, 0.05) is 38.6 Å². The van der Waals surface area contributed by atoms with E-state index in [0.717, 1.165) is 16.0 Å². The lowest BCUT2D eigenvalue weighted by atomic mass is 9.97. The Balaban J connectivity index is 1.55. The zero-order valence-electron chi connectivity index (χ0n) is 19.0. The summed E-state index contributed by atoms with van der Waals surface area (Å²) in [5.74, 6) is -0.996. The number of nitrogens with zero attached hydrogens (tertiary/aromatic N) is 5. The van der Waals surface area contributed by atoms with E-state index in [1.54, 1.807) is 24.5 Å². The molecule has 0 atom stereocenters. The molecule has 0 N–H and O–H groups in total. The molecular weight excluding hydrogens is 433 g/mol. The van der Waals surface area contributed by atoms with Gasteiger partial charge in [0.25, 0.3) is 11.8 Å². The van der Waals surface area contributed by atoms with Crippen LogP contribution in [0.25, 0.3) is 5.57 Å². The van der Waals surface area contributed by atoms with E-state index in [1.165, 1.54) is 18.2 Å². The lowest BCUT2D eigenvalue weighted by Crippen LogP contribution is -2.48. The second-order valence-corrected chi connectivity index (χ2v) is 8.46. The van der Waals surface area contributed by atoms with Crippen LogP contribution in [0, 0.1) is 19.7 Å². The van der Waals surface area contributed by atoms with E-state index in [9.17, 15) is 14.0 Å². The van der Waals surface area contributed by atoms with Gasteiger partial charge in [-0.15, -0.1) is 0 Å². The first-order chi connectivity index (χ1) is 16.5. The molecule has 0 aliphatic carbocycles. The highest BCUT2D eigenvalue weighted by molar-refractivity contribution is 6.45. The van der Waals surface area contributed by atoms with Crippen molar-refractivity contribution in [2.24, 2.45) is 0 Å². The maximum absolute atomic E-state index is 14.7. The molecule has 3 aromatic rings. The first-order valence-corrected chi connectivity index (χ1v) is 11.2. The van der Waals surface area contributed by atoms with Gasteiger partial charge >= 0.3 is 0 Å². The minimum absolute atomic E-state index is 0.0360. The molecule has 34 heavy (non-hydrogen) atoms. The predicted molar refractivity (Wildman–Crippen MR) is 128 cm³/mol. The maximum Gasteiger partial charge on any atom is 0.282 e. The molecule has 2 aromatic carbocycles. The Hall–Kier alpha value is -4.07. The normalized spacial score (nSPS) is 16.6. The highest BCUT2D eigenvalue weighted by Gasteiger charge is 2.44. The van der Waals surface area contributed by atoms with E-state index in [2.05, 4.69) is 9.97 Å². The molecule has 172 valence electrons. The molecule has 5 rings (SSSR count). The van der Waals surface area contributed by atoms with Crippen molar-refractivity contribution in [1.82, 2.24) is 14.9 Å². The summed E-state index contributed by atoms with van der Waals surface area (Å²) in [6, 6.07) is 13.4. The Morgan fingerprint density at radius 3 is 2.18 bits per heavy atom. The largest absolute Gasteiger partial charge is 0.363 e. The van der Waals surface area contributed by atoms with Crippen LogP contribution in [0.2, 0.25) is 0 Å². The van der Waals surface area contributed by atoms with Gasteiger partial charge in [0.15, 0.2) is 0 Å². The Bertz CT molecular complexity index is 1300. The van der Waals surface area contributed by atoms with Gasteiger partial charge in [-0.05, 0) is 43.2 Å². The lowest BCUT2D eigenvalue weighted by Gasteiger charge is -2.36. The van der Waals surface area contributed by atoms with Gasteiger partial charge in [-0.3, -0.25) is 9.59 Å². The van der Waals surface area contributed by atoms with Crippen LogP contribution in [0.3, 0.4) is 0 Å². The molecule has 2 aliphatic heterocycles. The average molecular weight is 458 g/mol. The van der Waals surface area contributed by atoms with Crippen LogP contribution in [-0.2, 0) is 9.59 Å². The van der Waals surface area contributed by atoms with Gasteiger partial charge in [-0.2, -0.15) is 0 Å². The molecule has 0 spiro atoms. The van der Waals surface area contributed by atoms with Crippen molar-refractivity contribution >= 4 is 29.0 Å². The van der Waals surface area contributed by atoms with Crippen LogP contribution in [0.15, 0.2) is 66.6 Å². The first kappa shape index (κ1) is 21.8. The van der Waals surface area contributed by atoms with Crippen molar-refractivity contribution in [3.8, 4) is 0 Å². The number of rotatable bonds is 4. The van der Waals surface area contributed by atoms with E-state index in [1.807, 2.05) is 41.8 Å². The number of hydrogen-bond donors (Lipinski definition) is 0. The van der Waals surface area contributed by atoms with Gasteiger partial charge in [-0.25, -0.2) is 19.3 Å². The lowest BCUT2D eigenvalue weighted by molar-refractivity contribution is -0.120. The first-order valence-electron chi connectivity index (χ1n) is 11.2. The van der Waals surface area contributed by atoms with Gasteiger partial charge in [0.1, 0.15) is 11.5 Å². The Labute approximate surface area is 197 Å². The predicted octanol–water partition coefficient (Wildman–Crippen LogP) is 3.34. The topological polar surface area (TPSA) is 69.6 Å². The Morgan fingerprint density at radius 1 is 0.824 bits per heavy atom. The fourth-order valence-corrected chi connectivity index (χ4v) is 4.58. The third kappa shape index (κ3) is 3.71. The number of anilines is 2. The van der Waals surface area contributed by atoms with E-state index in [4.69, 9.17) is 0 Å². The van der Waals surface area contributed by atoms with Crippen molar-refractivity contribution in [1.29, 1.82) is 0 Å². The molecule has 7 nitrogen and oxygen atoms in total. The van der Waals surface area contributed by atoms with Gasteiger partial charge in [0.2, 0.25) is 5.95 Å². The molecule has 1 saturated heterocycles. The number of hydrogen-bond acceptors (Lipinski definition) is 6. The molecule has 1 fully saturated rings. The van der Waals surface area contributed by atoms with Gasteiger partial charge in [0.05, 0.1) is 11.3 Å². The molecule has 3 heterocycles. The third-order valence-corrected chi connectivity index (χ3v) is 6.23. The van der Waals surface area contributed by atoms with Crippen LogP contribution < -0.4 is 9.80 Å². The van der Waals surface area contributed by atoms with Crippen LogP contribution in [0.5, 0.6) is 0 Å². The third-order valence-electron chi connectivity index (χ3n) is 6.23. The molecule has 0 bridgehead atoms. The zero-order valence-corrected chi connectivity index (χ0v) is 19.0. The fourth-order valence-electron chi connectivity index (χ4n) is 4.58. The average Bonchev–Trinajstić information content (AvgIpc) is 3.10. The number of imide groups is 1. The van der Waals surface area contributed by atoms with E-state index in [-0.39, 0.29) is 5.69 Å². The number of halogens is 1. The smallest absolute Gasteiger partial charge is 0.282 e. The summed E-state index contributed by atoms with van der Waals surface area (Å²) in [7, 11) is 0. The second kappa shape index (κ2) is 8.70. The molecule has 1 aromatic heterocycles. The molecule has 8 heteroatoms. The number of benzene rings is 2. The quantitative estimate of drug-likeness (QED) is 0.560. The van der Waals surface area contributed by atoms with Crippen molar-refractivity contribution in [2.45, 2.75) is 13.8 Å². The Morgan fingerprint density at radius 2 is 1.50 bits per heavy atom. The molecule has 2 amide bonds. The number of carbonyl (C=O) groups is 2. The van der Waals surface area contributed by atoms with Crippen molar-refractivity contribution in [3.63, 3.8) is 0 Å². The summed E-state index contributed by atoms with van der Waals surface area (Å²) in [5.41, 5.74) is 3.23. The number of aromatic nitrogens is 2. The molecule has 0 saturated carbocycles. The fraction of sp³-hybridized carbons (Fsp3) is 0.231. The number of para-hydroxylation sites is 1. The monoisotopic (exact) mass is 457 g/mol. The van der Waals surface area contributed by atoms with Crippen LogP contribution in [0.4, 0.5) is 16.0 Å². The van der Waals surface area contributed by atoms with Crippen LogP contribution in [-0.4, -0.2) is 52.9 Å². The summed E-state index contributed by atoms with van der Waals surface area (Å²) in [6.07, 6.45) is 3.39. The standard InChI is InChI=1S/C26H24FN5O2/c1-17-8-9-19(18(2)16-17)22-23(25(34)32(24(22)33)21-7-4-3-6-20(21)27)30-12-14-31(15-13-30)26-28-10-5-11-29-26/h3-11,16H,12-15H2,1-2H3. The second-order valence-electron chi connectivity index (χ2n) is 8.46. The number of amides is 2. The summed E-state index contributed by atoms with van der Waals surface area (Å²) in [6.45, 7) is 6.09. The van der Waals surface area contributed by atoms with Crippen molar-refractivity contribution < 1.29 is 14.0 Å². The highest BCUT2D eigenvalue weighted by atomic mass is 19.1. The van der Waals surface area contributed by atoms with Crippen LogP contribution >= 0.6 is 0 Å². The van der Waals surface area contributed by atoms with E-state index >= 15 is 0 Å². The summed E-state index contributed by atoms with van der Waals surface area (Å²) < 4.78 is 14.7. The highest BCUT2D eigenvalue weighted by Crippen LogP contribution is 2.37. The van der Waals surface area contributed by atoms with E-state index < -0.39 is 17.6 Å². The summed E-state index contributed by atoms with van der Waals surface area (Å²) in [4.78, 5) is 40.9. The zero-order chi connectivity index (χ0) is 23.8. The van der Waals surface area contributed by atoms with Crippen molar-refractivity contribution in [3.05, 3.63) is 89.1 Å². The molecule has 0 unspecified atom stereocenters. The maximum atomic E-state index is 14.7. The van der Waals surface area contributed by atoms with Crippen LogP contribution in [0.1, 0.15) is 16.7 Å². The van der Waals surface area contributed by atoms with Gasteiger partial charge < -0.3 is 9.80 Å². The Kier molecular flexibility index (Phi) is 5.57.